The van der Waals surface area contributed by atoms with E-state index < -0.39 is 10.0 Å². The Bertz CT molecular complexity index is 1100. The molecule has 0 aliphatic heterocycles. The van der Waals surface area contributed by atoms with Crippen molar-refractivity contribution < 1.29 is 13.2 Å². The first kappa shape index (κ1) is 22.9. The molecule has 0 spiro atoms. The van der Waals surface area contributed by atoms with Gasteiger partial charge in [0.2, 0.25) is 10.0 Å². The van der Waals surface area contributed by atoms with Gasteiger partial charge in [-0.25, -0.2) is 8.42 Å². The number of carbonyl (C=O) groups excluding carboxylic acids is 1. The molecule has 0 aliphatic rings. The third-order valence-electron chi connectivity index (χ3n) is 4.66. The lowest BCUT2D eigenvalue weighted by molar-refractivity contribution is 0.0956. The summed E-state index contributed by atoms with van der Waals surface area (Å²) in [5, 5.41) is 2.91. The lowest BCUT2D eigenvalue weighted by Gasteiger charge is -2.22. The van der Waals surface area contributed by atoms with E-state index in [2.05, 4.69) is 36.5 Å². The number of thioether (sulfide) groups is 1. The molecule has 0 radical (unpaired) electrons. The highest BCUT2D eigenvalue weighted by atomic mass is 32.2. The Balaban J connectivity index is 1.58. The van der Waals surface area contributed by atoms with Gasteiger partial charge in [0.1, 0.15) is 0 Å². The molecule has 0 fully saturated rings. The Labute approximate surface area is 188 Å². The van der Waals surface area contributed by atoms with Crippen LogP contribution in [-0.4, -0.2) is 32.9 Å². The molecule has 0 aromatic heterocycles. The van der Waals surface area contributed by atoms with E-state index in [4.69, 9.17) is 0 Å². The summed E-state index contributed by atoms with van der Waals surface area (Å²) in [7, 11) is -3.47. The van der Waals surface area contributed by atoms with Gasteiger partial charge in [0.15, 0.2) is 0 Å². The van der Waals surface area contributed by atoms with Crippen LogP contribution in [0, 0.1) is 6.92 Å². The van der Waals surface area contributed by atoms with Crippen LogP contribution < -0.4 is 9.62 Å². The van der Waals surface area contributed by atoms with Crippen LogP contribution in [0.1, 0.15) is 21.5 Å². The molecule has 31 heavy (non-hydrogen) atoms. The molecule has 7 heteroatoms. The maximum absolute atomic E-state index is 12.4. The zero-order chi connectivity index (χ0) is 22.3. The molecule has 0 unspecified atom stereocenters. The first-order valence-electron chi connectivity index (χ1n) is 9.92. The van der Waals surface area contributed by atoms with E-state index in [0.29, 0.717) is 17.8 Å². The first-order chi connectivity index (χ1) is 14.8. The van der Waals surface area contributed by atoms with Gasteiger partial charge >= 0.3 is 0 Å². The molecule has 5 nitrogen and oxygen atoms in total. The summed E-state index contributed by atoms with van der Waals surface area (Å²) in [5.74, 6) is 0.594. The normalized spacial score (nSPS) is 11.2. The second-order valence-electron chi connectivity index (χ2n) is 7.22. The van der Waals surface area contributed by atoms with Crippen molar-refractivity contribution in [2.75, 3.05) is 22.9 Å². The Kier molecular flexibility index (Phi) is 7.76. The fraction of sp³-hybridized carbons (Fsp3) is 0.208. The van der Waals surface area contributed by atoms with Crippen molar-refractivity contribution >= 4 is 33.4 Å². The molecule has 0 bridgehead atoms. The van der Waals surface area contributed by atoms with E-state index in [9.17, 15) is 13.2 Å². The van der Waals surface area contributed by atoms with Crippen LogP contribution in [0.3, 0.4) is 0 Å². The number of amides is 1. The van der Waals surface area contributed by atoms with Gasteiger partial charge in [-0.15, -0.1) is 11.8 Å². The largest absolute Gasteiger partial charge is 0.351 e. The average molecular weight is 455 g/mol. The van der Waals surface area contributed by atoms with E-state index in [1.807, 2.05) is 30.3 Å². The first-order valence-corrected chi connectivity index (χ1v) is 12.8. The Morgan fingerprint density at radius 1 is 0.935 bits per heavy atom. The molecule has 0 saturated carbocycles. The molecule has 3 aromatic rings. The van der Waals surface area contributed by atoms with Gasteiger partial charge in [0, 0.05) is 22.8 Å². The topological polar surface area (TPSA) is 66.5 Å². The zero-order valence-electron chi connectivity index (χ0n) is 17.6. The van der Waals surface area contributed by atoms with Crippen molar-refractivity contribution in [3.05, 3.63) is 95.6 Å². The van der Waals surface area contributed by atoms with Crippen LogP contribution in [-0.2, 0) is 16.6 Å². The van der Waals surface area contributed by atoms with Crippen molar-refractivity contribution in [3.63, 3.8) is 0 Å². The Morgan fingerprint density at radius 2 is 1.58 bits per heavy atom. The summed E-state index contributed by atoms with van der Waals surface area (Å²) in [5.41, 5.74) is 3.13. The lowest BCUT2D eigenvalue weighted by Crippen LogP contribution is -2.29. The minimum absolute atomic E-state index is 0.176. The van der Waals surface area contributed by atoms with Crippen LogP contribution in [0.4, 0.5) is 5.69 Å². The van der Waals surface area contributed by atoms with Gasteiger partial charge in [-0.2, -0.15) is 0 Å². The predicted molar refractivity (Wildman–Crippen MR) is 128 cm³/mol. The highest BCUT2D eigenvalue weighted by Crippen LogP contribution is 2.21. The number of hydrogen-bond acceptors (Lipinski definition) is 4. The number of aryl methyl sites for hydroxylation is 1. The number of benzene rings is 3. The summed E-state index contributed by atoms with van der Waals surface area (Å²) in [4.78, 5) is 13.6. The van der Waals surface area contributed by atoms with Crippen LogP contribution >= 0.6 is 11.8 Å². The van der Waals surface area contributed by atoms with Crippen LogP contribution in [0.25, 0.3) is 0 Å². The fourth-order valence-corrected chi connectivity index (χ4v) is 4.65. The quantitative estimate of drug-likeness (QED) is 0.382. The molecule has 0 aliphatic carbocycles. The minimum Gasteiger partial charge on any atom is -0.351 e. The molecular formula is C24H26N2O3S2. The third kappa shape index (κ3) is 6.87. The number of sulfonamides is 1. The Hall–Kier alpha value is -2.77. The molecule has 0 atom stereocenters. The maximum Gasteiger partial charge on any atom is 0.251 e. The van der Waals surface area contributed by atoms with Crippen LogP contribution in [0.5, 0.6) is 0 Å². The summed E-state index contributed by atoms with van der Waals surface area (Å²) >= 11 is 1.69. The van der Waals surface area contributed by atoms with Crippen molar-refractivity contribution in [3.8, 4) is 0 Å². The number of rotatable bonds is 9. The SMILES string of the molecule is Cc1ccc(SCCNC(=O)c2ccc(N(Cc3ccccc3)S(C)(=O)=O)cc2)cc1. The molecule has 1 amide bonds. The lowest BCUT2D eigenvalue weighted by atomic mass is 10.2. The molecule has 3 rings (SSSR count). The Morgan fingerprint density at radius 3 is 2.19 bits per heavy atom. The van der Waals surface area contributed by atoms with Crippen molar-refractivity contribution in [1.29, 1.82) is 0 Å². The van der Waals surface area contributed by atoms with Gasteiger partial charge < -0.3 is 5.32 Å². The van der Waals surface area contributed by atoms with Gasteiger partial charge in [-0.3, -0.25) is 9.10 Å². The summed E-state index contributed by atoms with van der Waals surface area (Å²) in [6.45, 7) is 2.83. The monoisotopic (exact) mass is 454 g/mol. The number of nitrogens with one attached hydrogen (secondary N) is 1. The summed E-state index contributed by atoms with van der Waals surface area (Å²) in [6.07, 6.45) is 1.18. The van der Waals surface area contributed by atoms with Crippen LogP contribution in [0.2, 0.25) is 0 Å². The second-order valence-corrected chi connectivity index (χ2v) is 10.3. The van der Waals surface area contributed by atoms with Gasteiger partial charge in [0.25, 0.3) is 5.91 Å². The molecular weight excluding hydrogens is 428 g/mol. The number of hydrogen-bond donors (Lipinski definition) is 1. The highest BCUT2D eigenvalue weighted by molar-refractivity contribution is 7.99. The molecule has 3 aromatic carbocycles. The van der Waals surface area contributed by atoms with E-state index in [-0.39, 0.29) is 12.5 Å². The van der Waals surface area contributed by atoms with Crippen molar-refractivity contribution in [1.82, 2.24) is 5.32 Å². The average Bonchev–Trinajstić information content (AvgIpc) is 2.76. The summed E-state index contributed by atoms with van der Waals surface area (Å²) in [6, 6.07) is 24.3. The standard InChI is InChI=1S/C24H26N2O3S2/c1-19-8-14-23(15-9-19)30-17-16-25-24(27)21-10-12-22(13-11-21)26(31(2,28)29)18-20-6-4-3-5-7-20/h3-15H,16-18H2,1-2H3,(H,25,27). The second kappa shape index (κ2) is 10.5. The van der Waals surface area contributed by atoms with E-state index in [1.165, 1.54) is 21.0 Å². The molecule has 0 saturated heterocycles. The molecule has 162 valence electrons. The van der Waals surface area contributed by atoms with Crippen molar-refractivity contribution in [2.24, 2.45) is 0 Å². The third-order valence-corrected chi connectivity index (χ3v) is 6.82. The van der Waals surface area contributed by atoms with E-state index in [0.717, 1.165) is 11.3 Å². The maximum atomic E-state index is 12.4. The molecule has 1 N–H and O–H groups in total. The predicted octanol–water partition coefficient (Wildman–Crippen LogP) is 4.48. The van der Waals surface area contributed by atoms with E-state index >= 15 is 0 Å². The number of nitrogens with zero attached hydrogens (tertiary/aromatic N) is 1. The van der Waals surface area contributed by atoms with Crippen molar-refractivity contribution in [2.45, 2.75) is 18.4 Å². The molecule has 0 heterocycles. The highest BCUT2D eigenvalue weighted by Gasteiger charge is 2.18. The van der Waals surface area contributed by atoms with Crippen LogP contribution in [0.15, 0.2) is 83.8 Å². The van der Waals surface area contributed by atoms with Gasteiger partial charge in [-0.1, -0.05) is 48.0 Å². The van der Waals surface area contributed by atoms with Gasteiger partial charge in [0.05, 0.1) is 18.5 Å². The minimum atomic E-state index is -3.47. The number of anilines is 1. The number of carbonyl (C=O) groups is 1. The zero-order valence-corrected chi connectivity index (χ0v) is 19.2. The smallest absolute Gasteiger partial charge is 0.251 e. The van der Waals surface area contributed by atoms with Gasteiger partial charge in [-0.05, 0) is 48.9 Å². The fourth-order valence-electron chi connectivity index (χ4n) is 3.00. The van der Waals surface area contributed by atoms with E-state index in [1.54, 1.807) is 36.0 Å². The summed E-state index contributed by atoms with van der Waals surface area (Å²) < 4.78 is 26.0.